The minimum absolute atomic E-state index is 0.0722. The number of amides is 2. The van der Waals surface area contributed by atoms with Crippen molar-refractivity contribution in [2.45, 2.75) is 13.0 Å². The van der Waals surface area contributed by atoms with Crippen molar-refractivity contribution in [2.75, 3.05) is 6.61 Å². The molecule has 0 aromatic heterocycles. The summed E-state index contributed by atoms with van der Waals surface area (Å²) in [6.07, 6.45) is -0.932. The van der Waals surface area contributed by atoms with E-state index in [1.165, 1.54) is 49.4 Å². The molecular weight excluding hydrogens is 334 g/mol. The lowest BCUT2D eigenvalue weighted by Gasteiger charge is -2.15. The van der Waals surface area contributed by atoms with E-state index in [2.05, 4.69) is 10.9 Å². The van der Waals surface area contributed by atoms with Gasteiger partial charge in [-0.05, 0) is 43.3 Å². The van der Waals surface area contributed by atoms with Crippen LogP contribution in [0.15, 0.2) is 48.5 Å². The first-order valence-corrected chi connectivity index (χ1v) is 7.34. The fraction of sp³-hybridized carbons (Fsp3) is 0.176. The van der Waals surface area contributed by atoms with E-state index in [1.807, 2.05) is 0 Å². The molecule has 0 aliphatic carbocycles. The first kappa shape index (κ1) is 18.2. The molecular formula is C17H16F2N2O4. The summed E-state index contributed by atoms with van der Waals surface area (Å²) >= 11 is 0. The van der Waals surface area contributed by atoms with E-state index in [0.717, 1.165) is 0 Å². The maximum atomic E-state index is 13.3. The summed E-state index contributed by atoms with van der Waals surface area (Å²) in [5.41, 5.74) is 4.28. The van der Waals surface area contributed by atoms with Gasteiger partial charge in [0.25, 0.3) is 11.8 Å². The predicted molar refractivity (Wildman–Crippen MR) is 84.7 cm³/mol. The molecule has 8 heteroatoms. The van der Waals surface area contributed by atoms with E-state index in [0.29, 0.717) is 5.75 Å². The molecule has 1 atom stereocenters. The van der Waals surface area contributed by atoms with Gasteiger partial charge in [-0.1, -0.05) is 12.1 Å². The van der Waals surface area contributed by atoms with Crippen LogP contribution < -0.4 is 20.3 Å². The van der Waals surface area contributed by atoms with Crippen molar-refractivity contribution in [3.05, 3.63) is 60.2 Å². The third kappa shape index (κ3) is 5.76. The highest BCUT2D eigenvalue weighted by Gasteiger charge is 2.15. The topological polar surface area (TPSA) is 76.7 Å². The molecule has 2 aromatic rings. The number of hydrazine groups is 1. The normalized spacial score (nSPS) is 11.3. The Labute approximate surface area is 142 Å². The van der Waals surface area contributed by atoms with Gasteiger partial charge in [0.1, 0.15) is 11.6 Å². The summed E-state index contributed by atoms with van der Waals surface area (Å²) < 4.78 is 36.4. The van der Waals surface area contributed by atoms with Crippen LogP contribution in [0.1, 0.15) is 6.92 Å². The summed E-state index contributed by atoms with van der Waals surface area (Å²) in [5.74, 6) is -2.09. The maximum Gasteiger partial charge on any atom is 0.279 e. The van der Waals surface area contributed by atoms with Gasteiger partial charge < -0.3 is 9.47 Å². The summed E-state index contributed by atoms with van der Waals surface area (Å²) in [6.45, 7) is 0.981. The fourth-order valence-electron chi connectivity index (χ4n) is 1.74. The van der Waals surface area contributed by atoms with Crippen LogP contribution in [0, 0.1) is 11.6 Å². The Hall–Kier alpha value is -3.16. The van der Waals surface area contributed by atoms with Crippen LogP contribution in [0.3, 0.4) is 0 Å². The molecule has 0 heterocycles. The lowest BCUT2D eigenvalue weighted by molar-refractivity contribution is -0.133. The molecule has 2 aromatic carbocycles. The zero-order valence-corrected chi connectivity index (χ0v) is 13.3. The Morgan fingerprint density at radius 1 is 1.04 bits per heavy atom. The Bertz CT molecular complexity index is 738. The average molecular weight is 350 g/mol. The standard InChI is InChI=1S/C17H16F2N2O4/c1-11(25-13-8-6-12(18)7-9-13)17(23)21-20-16(22)10-24-15-5-3-2-4-14(15)19/h2-9,11H,10H2,1H3,(H,20,22)(H,21,23). The molecule has 6 nitrogen and oxygen atoms in total. The molecule has 0 saturated carbocycles. The summed E-state index contributed by atoms with van der Waals surface area (Å²) in [5, 5.41) is 0. The number of rotatable bonds is 6. The lowest BCUT2D eigenvalue weighted by Crippen LogP contribution is -2.48. The van der Waals surface area contributed by atoms with Crippen LogP contribution >= 0.6 is 0 Å². The van der Waals surface area contributed by atoms with Gasteiger partial charge in [0.15, 0.2) is 24.3 Å². The number of carbonyl (C=O) groups excluding carboxylic acids is 2. The molecule has 0 aliphatic heterocycles. The third-order valence-electron chi connectivity index (χ3n) is 3.02. The maximum absolute atomic E-state index is 13.3. The van der Waals surface area contributed by atoms with Gasteiger partial charge >= 0.3 is 0 Å². The number of nitrogens with one attached hydrogen (secondary N) is 2. The first-order valence-electron chi connectivity index (χ1n) is 7.34. The second-order valence-corrected chi connectivity index (χ2v) is 4.97. The van der Waals surface area contributed by atoms with Crippen molar-refractivity contribution in [2.24, 2.45) is 0 Å². The van der Waals surface area contributed by atoms with Gasteiger partial charge in [-0.2, -0.15) is 0 Å². The minimum Gasteiger partial charge on any atom is -0.481 e. The van der Waals surface area contributed by atoms with Gasteiger partial charge in [-0.3, -0.25) is 20.4 Å². The Kier molecular flexibility index (Phi) is 6.27. The van der Waals surface area contributed by atoms with Crippen molar-refractivity contribution in [1.29, 1.82) is 0 Å². The molecule has 0 radical (unpaired) electrons. The van der Waals surface area contributed by atoms with E-state index in [1.54, 1.807) is 6.07 Å². The number of benzene rings is 2. The highest BCUT2D eigenvalue weighted by Crippen LogP contribution is 2.15. The first-order chi connectivity index (χ1) is 12.0. The second kappa shape index (κ2) is 8.62. The number of hydrogen-bond acceptors (Lipinski definition) is 4. The molecule has 2 N–H and O–H groups in total. The summed E-state index contributed by atoms with van der Waals surface area (Å²) in [6, 6.07) is 10.8. The van der Waals surface area contributed by atoms with Gasteiger partial charge in [0.05, 0.1) is 0 Å². The van der Waals surface area contributed by atoms with Crippen molar-refractivity contribution in [1.82, 2.24) is 10.9 Å². The zero-order valence-electron chi connectivity index (χ0n) is 13.3. The van der Waals surface area contributed by atoms with Crippen LogP contribution in [-0.4, -0.2) is 24.5 Å². The summed E-state index contributed by atoms with van der Waals surface area (Å²) in [7, 11) is 0. The Morgan fingerprint density at radius 2 is 1.72 bits per heavy atom. The predicted octanol–water partition coefficient (Wildman–Crippen LogP) is 1.96. The number of ether oxygens (including phenoxy) is 2. The number of hydrogen-bond donors (Lipinski definition) is 2. The highest BCUT2D eigenvalue weighted by atomic mass is 19.1. The van der Waals surface area contributed by atoms with E-state index >= 15 is 0 Å². The monoisotopic (exact) mass is 350 g/mol. The van der Waals surface area contributed by atoms with Crippen LogP contribution in [0.4, 0.5) is 8.78 Å². The van der Waals surface area contributed by atoms with Crippen LogP contribution in [0.25, 0.3) is 0 Å². The molecule has 1 unspecified atom stereocenters. The molecule has 0 spiro atoms. The average Bonchev–Trinajstić information content (AvgIpc) is 2.60. The Morgan fingerprint density at radius 3 is 2.40 bits per heavy atom. The van der Waals surface area contributed by atoms with Crippen molar-refractivity contribution >= 4 is 11.8 Å². The van der Waals surface area contributed by atoms with Gasteiger partial charge in [-0.25, -0.2) is 8.78 Å². The van der Waals surface area contributed by atoms with Gasteiger partial charge in [-0.15, -0.1) is 0 Å². The van der Waals surface area contributed by atoms with Crippen molar-refractivity contribution in [3.8, 4) is 11.5 Å². The van der Waals surface area contributed by atoms with Gasteiger partial charge in [0.2, 0.25) is 0 Å². The van der Waals surface area contributed by atoms with Crippen LogP contribution in [-0.2, 0) is 9.59 Å². The van der Waals surface area contributed by atoms with E-state index in [9.17, 15) is 18.4 Å². The number of halogens is 2. The van der Waals surface area contributed by atoms with Crippen LogP contribution in [0.2, 0.25) is 0 Å². The molecule has 25 heavy (non-hydrogen) atoms. The van der Waals surface area contributed by atoms with Gasteiger partial charge in [0, 0.05) is 0 Å². The van der Waals surface area contributed by atoms with E-state index < -0.39 is 36.2 Å². The van der Waals surface area contributed by atoms with Crippen molar-refractivity contribution < 1.29 is 27.8 Å². The molecule has 0 fully saturated rings. The van der Waals surface area contributed by atoms with Crippen molar-refractivity contribution in [3.63, 3.8) is 0 Å². The second-order valence-electron chi connectivity index (χ2n) is 4.97. The summed E-state index contributed by atoms with van der Waals surface area (Å²) in [4.78, 5) is 23.4. The van der Waals surface area contributed by atoms with E-state index in [-0.39, 0.29) is 5.75 Å². The zero-order chi connectivity index (χ0) is 18.2. The quantitative estimate of drug-likeness (QED) is 0.781. The SMILES string of the molecule is CC(Oc1ccc(F)cc1)C(=O)NNC(=O)COc1ccccc1F. The third-order valence-corrected chi connectivity index (χ3v) is 3.02. The van der Waals surface area contributed by atoms with Crippen LogP contribution in [0.5, 0.6) is 11.5 Å². The van der Waals surface area contributed by atoms with E-state index in [4.69, 9.17) is 9.47 Å². The molecule has 2 rings (SSSR count). The number of para-hydroxylation sites is 1. The molecule has 0 saturated heterocycles. The smallest absolute Gasteiger partial charge is 0.279 e. The molecule has 2 amide bonds. The largest absolute Gasteiger partial charge is 0.481 e. The minimum atomic E-state index is -0.932. The highest BCUT2D eigenvalue weighted by molar-refractivity contribution is 5.85. The molecule has 0 aliphatic rings. The lowest BCUT2D eigenvalue weighted by atomic mass is 10.3. The fourth-order valence-corrected chi connectivity index (χ4v) is 1.74. The molecule has 132 valence electrons. The number of carbonyl (C=O) groups is 2. The Balaban J connectivity index is 1.74. The molecule has 0 bridgehead atoms.